The number of nitrogens with one attached hydrogen (secondary N) is 2. The number of benzene rings is 2. The van der Waals surface area contributed by atoms with Crippen molar-refractivity contribution in [2.24, 2.45) is 0 Å². The van der Waals surface area contributed by atoms with E-state index in [1.807, 2.05) is 0 Å². The second-order valence-electron chi connectivity index (χ2n) is 7.45. The average molecular weight is 451 g/mol. The van der Waals surface area contributed by atoms with Crippen LogP contribution in [0.1, 0.15) is 43.2 Å². The van der Waals surface area contributed by atoms with Gasteiger partial charge in [-0.2, -0.15) is 4.52 Å². The molecule has 2 heterocycles. The van der Waals surface area contributed by atoms with Crippen molar-refractivity contribution in [1.82, 2.24) is 35.7 Å². The highest BCUT2D eigenvalue weighted by Gasteiger charge is 2.19. The molecular weight excluding hydrogens is 432 g/mol. The summed E-state index contributed by atoms with van der Waals surface area (Å²) in [7, 11) is 0. The van der Waals surface area contributed by atoms with Crippen LogP contribution in [0.15, 0.2) is 42.5 Å². The van der Waals surface area contributed by atoms with Gasteiger partial charge in [-0.1, -0.05) is 29.4 Å². The van der Waals surface area contributed by atoms with E-state index in [1.54, 1.807) is 38.1 Å². The minimum atomic E-state index is -0.550. The van der Waals surface area contributed by atoms with E-state index in [-0.39, 0.29) is 41.9 Å². The highest BCUT2D eigenvalue weighted by molar-refractivity contribution is 5.98. The summed E-state index contributed by atoms with van der Waals surface area (Å²) in [4.78, 5) is 29.6. The molecule has 0 radical (unpaired) electrons. The summed E-state index contributed by atoms with van der Waals surface area (Å²) < 4.78 is 28.0. The monoisotopic (exact) mass is 451 g/mol. The summed E-state index contributed by atoms with van der Waals surface area (Å²) in [6, 6.07) is 10.3. The van der Waals surface area contributed by atoms with Gasteiger partial charge in [-0.05, 0) is 58.7 Å². The van der Waals surface area contributed by atoms with Gasteiger partial charge in [0.05, 0.1) is 0 Å². The molecule has 168 valence electrons. The lowest BCUT2D eigenvalue weighted by molar-refractivity contribution is 0.0942. The second-order valence-corrected chi connectivity index (χ2v) is 7.45. The molecule has 0 saturated heterocycles. The number of hydrogen-bond acceptors (Lipinski definition) is 6. The molecule has 0 spiro atoms. The fourth-order valence-corrected chi connectivity index (χ4v) is 3.20. The number of rotatable bonds is 6. The zero-order valence-electron chi connectivity index (χ0n) is 17.8. The highest BCUT2D eigenvalue weighted by atomic mass is 19.1. The maximum Gasteiger partial charge on any atom is 0.274 e. The Morgan fingerprint density at radius 2 is 1.45 bits per heavy atom. The van der Waals surface area contributed by atoms with Crippen molar-refractivity contribution in [1.29, 1.82) is 0 Å². The quantitative estimate of drug-likeness (QED) is 0.465. The van der Waals surface area contributed by atoms with Gasteiger partial charge < -0.3 is 10.6 Å². The van der Waals surface area contributed by atoms with E-state index >= 15 is 0 Å². The van der Waals surface area contributed by atoms with E-state index in [0.717, 1.165) is 4.52 Å². The van der Waals surface area contributed by atoms with Gasteiger partial charge in [-0.15, -0.1) is 0 Å². The van der Waals surface area contributed by atoms with Gasteiger partial charge in [0, 0.05) is 19.2 Å². The zero-order chi connectivity index (χ0) is 23.5. The summed E-state index contributed by atoms with van der Waals surface area (Å²) in [5, 5.41) is 16.4. The summed E-state index contributed by atoms with van der Waals surface area (Å²) >= 11 is 0. The highest BCUT2D eigenvalue weighted by Crippen LogP contribution is 2.11. The number of halogens is 2. The minimum absolute atomic E-state index is 0.00612. The predicted octanol–water partition coefficient (Wildman–Crippen LogP) is 2.27. The smallest absolute Gasteiger partial charge is 0.274 e. The van der Waals surface area contributed by atoms with Gasteiger partial charge in [-0.25, -0.2) is 13.8 Å². The van der Waals surface area contributed by atoms with E-state index < -0.39 is 11.8 Å². The first-order chi connectivity index (χ1) is 15.8. The van der Waals surface area contributed by atoms with Crippen LogP contribution in [-0.4, -0.2) is 36.8 Å². The van der Waals surface area contributed by atoms with Crippen LogP contribution in [0, 0.1) is 25.5 Å². The lowest BCUT2D eigenvalue weighted by Gasteiger charge is -2.09. The summed E-state index contributed by atoms with van der Waals surface area (Å²) in [5.41, 5.74) is 2.29. The lowest BCUT2D eigenvalue weighted by atomic mass is 10.1. The Hall–Kier alpha value is -4.28. The number of aryl methyl sites for hydroxylation is 2. The number of carbonyl (C=O) groups excluding carboxylic acids is 2. The van der Waals surface area contributed by atoms with Crippen LogP contribution in [0.2, 0.25) is 0 Å². The number of amides is 2. The molecule has 0 atom stereocenters. The van der Waals surface area contributed by atoms with Gasteiger partial charge in [0.15, 0.2) is 0 Å². The Morgan fingerprint density at radius 1 is 0.879 bits per heavy atom. The van der Waals surface area contributed by atoms with Crippen molar-refractivity contribution in [2.45, 2.75) is 26.9 Å². The van der Waals surface area contributed by atoms with Crippen LogP contribution in [0.5, 0.6) is 0 Å². The Balaban J connectivity index is 1.51. The van der Waals surface area contributed by atoms with Gasteiger partial charge in [0.25, 0.3) is 17.6 Å². The third kappa shape index (κ3) is 4.81. The van der Waals surface area contributed by atoms with Crippen LogP contribution in [0.25, 0.3) is 5.78 Å². The molecule has 11 heteroatoms. The first-order valence-corrected chi connectivity index (χ1v) is 9.97. The fourth-order valence-electron chi connectivity index (χ4n) is 3.20. The van der Waals surface area contributed by atoms with Crippen molar-refractivity contribution >= 4 is 17.6 Å². The standard InChI is InChI=1S/C22H19F2N7O2/c1-12-7-14(3-5-16(12)23)10-25-20(32)18-9-19(31-22(27-18)28-29-30-31)21(33)26-11-15-4-6-17(24)13(2)8-15/h3-9H,10-11H2,1-2H3,(H,25,32)(H,26,33). The molecule has 2 amide bonds. The molecule has 0 aliphatic heterocycles. The van der Waals surface area contributed by atoms with E-state index in [0.29, 0.717) is 22.3 Å². The Bertz CT molecular complexity index is 1370. The largest absolute Gasteiger partial charge is 0.347 e. The first-order valence-electron chi connectivity index (χ1n) is 9.97. The number of aromatic nitrogens is 5. The molecule has 0 fully saturated rings. The SMILES string of the molecule is Cc1cc(CNC(=O)c2cc(C(=O)NCc3ccc(F)c(C)c3)n3nnnc3n2)ccc1F. The molecule has 0 aliphatic rings. The molecule has 2 aromatic heterocycles. The molecule has 2 aromatic carbocycles. The van der Waals surface area contributed by atoms with Crippen LogP contribution < -0.4 is 10.6 Å². The van der Waals surface area contributed by atoms with Gasteiger partial charge >= 0.3 is 0 Å². The molecule has 9 nitrogen and oxygen atoms in total. The number of carbonyl (C=O) groups is 2. The Labute approximate surface area is 186 Å². The van der Waals surface area contributed by atoms with Crippen LogP contribution in [0.4, 0.5) is 8.78 Å². The third-order valence-electron chi connectivity index (χ3n) is 4.99. The van der Waals surface area contributed by atoms with E-state index in [4.69, 9.17) is 0 Å². The number of nitrogens with zero attached hydrogens (tertiary/aromatic N) is 5. The third-order valence-corrected chi connectivity index (χ3v) is 4.99. The van der Waals surface area contributed by atoms with Crippen molar-refractivity contribution in [3.63, 3.8) is 0 Å². The van der Waals surface area contributed by atoms with Crippen molar-refractivity contribution in [2.75, 3.05) is 0 Å². The molecule has 33 heavy (non-hydrogen) atoms. The summed E-state index contributed by atoms with van der Waals surface area (Å²) in [6.45, 7) is 3.54. The Morgan fingerprint density at radius 3 is 2.03 bits per heavy atom. The average Bonchev–Trinajstić information content (AvgIpc) is 3.28. The van der Waals surface area contributed by atoms with Crippen LogP contribution in [0.3, 0.4) is 0 Å². The molecule has 0 aliphatic carbocycles. The summed E-state index contributed by atoms with van der Waals surface area (Å²) in [5.74, 6) is -1.78. The first kappa shape index (κ1) is 21.9. The Kier molecular flexibility index (Phi) is 6.03. The van der Waals surface area contributed by atoms with E-state index in [1.165, 1.54) is 18.2 Å². The molecular formula is C22H19F2N7O2. The van der Waals surface area contributed by atoms with Crippen molar-refractivity contribution in [3.05, 3.63) is 87.7 Å². The van der Waals surface area contributed by atoms with Gasteiger partial charge in [0.1, 0.15) is 23.0 Å². The normalized spacial score (nSPS) is 10.9. The second kappa shape index (κ2) is 9.07. The molecule has 0 unspecified atom stereocenters. The predicted molar refractivity (Wildman–Crippen MR) is 113 cm³/mol. The number of hydrogen-bond donors (Lipinski definition) is 2. The molecule has 0 saturated carbocycles. The van der Waals surface area contributed by atoms with Crippen molar-refractivity contribution < 1.29 is 18.4 Å². The van der Waals surface area contributed by atoms with Gasteiger partial charge in [0.2, 0.25) is 0 Å². The van der Waals surface area contributed by atoms with Crippen molar-refractivity contribution in [3.8, 4) is 0 Å². The minimum Gasteiger partial charge on any atom is -0.347 e. The molecule has 4 rings (SSSR count). The maximum atomic E-state index is 13.5. The lowest BCUT2D eigenvalue weighted by Crippen LogP contribution is -2.28. The van der Waals surface area contributed by atoms with Crippen LogP contribution >= 0.6 is 0 Å². The van der Waals surface area contributed by atoms with Gasteiger partial charge in [-0.3, -0.25) is 9.59 Å². The molecule has 4 aromatic rings. The zero-order valence-corrected chi connectivity index (χ0v) is 17.8. The van der Waals surface area contributed by atoms with E-state index in [9.17, 15) is 18.4 Å². The topological polar surface area (TPSA) is 114 Å². The van der Waals surface area contributed by atoms with E-state index in [2.05, 4.69) is 31.1 Å². The number of fused-ring (bicyclic) bond motifs is 1. The number of tetrazole rings is 1. The fraction of sp³-hybridized carbons (Fsp3) is 0.182. The molecule has 2 N–H and O–H groups in total. The maximum absolute atomic E-state index is 13.5. The van der Waals surface area contributed by atoms with Crippen LogP contribution in [-0.2, 0) is 13.1 Å². The molecule has 0 bridgehead atoms. The summed E-state index contributed by atoms with van der Waals surface area (Å²) in [6.07, 6.45) is 0.